The Labute approximate surface area is 116 Å². The Balaban J connectivity index is 2.40. The minimum Gasteiger partial charge on any atom is -0.325 e. The van der Waals surface area contributed by atoms with Crippen LogP contribution in [0.3, 0.4) is 0 Å². The maximum atomic E-state index is 4.80. The zero-order chi connectivity index (χ0) is 13.8. The van der Waals surface area contributed by atoms with Gasteiger partial charge in [0.2, 0.25) is 0 Å². The molecular formula is C16H25N3. The molecule has 104 valence electrons. The van der Waals surface area contributed by atoms with E-state index in [2.05, 4.69) is 54.9 Å². The third-order valence-electron chi connectivity index (χ3n) is 3.77. The van der Waals surface area contributed by atoms with E-state index >= 15 is 0 Å². The molecule has 2 atom stereocenters. The maximum absolute atomic E-state index is 4.80. The average molecular weight is 259 g/mol. The van der Waals surface area contributed by atoms with Crippen LogP contribution >= 0.6 is 0 Å². The fourth-order valence-corrected chi connectivity index (χ4v) is 2.72. The van der Waals surface area contributed by atoms with E-state index in [1.54, 1.807) is 0 Å². The zero-order valence-electron chi connectivity index (χ0n) is 12.5. The topological polar surface area (TPSA) is 29.9 Å². The van der Waals surface area contributed by atoms with Gasteiger partial charge in [0.05, 0.1) is 11.0 Å². The minimum atomic E-state index is 0.469. The van der Waals surface area contributed by atoms with Gasteiger partial charge in [-0.3, -0.25) is 0 Å². The summed E-state index contributed by atoms with van der Waals surface area (Å²) in [7, 11) is 2.02. The number of nitrogens with one attached hydrogen (secondary N) is 1. The normalized spacial score (nSPS) is 14.7. The predicted octanol–water partition coefficient (Wildman–Crippen LogP) is 3.55. The molecule has 2 rings (SSSR count). The van der Waals surface area contributed by atoms with Crippen molar-refractivity contribution in [1.29, 1.82) is 0 Å². The van der Waals surface area contributed by atoms with E-state index in [1.807, 2.05) is 7.05 Å². The van der Waals surface area contributed by atoms with Crippen LogP contribution in [0.4, 0.5) is 0 Å². The van der Waals surface area contributed by atoms with Crippen LogP contribution in [-0.2, 0) is 6.42 Å². The van der Waals surface area contributed by atoms with Gasteiger partial charge in [0.1, 0.15) is 5.82 Å². The van der Waals surface area contributed by atoms with Crippen molar-refractivity contribution in [3.63, 3.8) is 0 Å². The molecule has 0 amide bonds. The van der Waals surface area contributed by atoms with Crippen molar-refractivity contribution in [3.05, 3.63) is 30.1 Å². The highest BCUT2D eigenvalue weighted by molar-refractivity contribution is 5.76. The molecule has 0 aliphatic heterocycles. The molecule has 0 bridgehead atoms. The monoisotopic (exact) mass is 259 g/mol. The number of imidazole rings is 1. The van der Waals surface area contributed by atoms with E-state index < -0.39 is 0 Å². The van der Waals surface area contributed by atoms with E-state index in [1.165, 1.54) is 11.3 Å². The van der Waals surface area contributed by atoms with Crippen molar-refractivity contribution >= 4 is 11.0 Å². The van der Waals surface area contributed by atoms with Crippen LogP contribution in [0.5, 0.6) is 0 Å². The van der Waals surface area contributed by atoms with E-state index in [0.717, 1.165) is 24.8 Å². The van der Waals surface area contributed by atoms with Crippen LogP contribution in [0.15, 0.2) is 24.3 Å². The van der Waals surface area contributed by atoms with Gasteiger partial charge in [-0.15, -0.1) is 0 Å². The number of hydrogen-bond donors (Lipinski definition) is 1. The summed E-state index contributed by atoms with van der Waals surface area (Å²) in [6.07, 6.45) is 3.30. The number of benzene rings is 1. The number of hydrogen-bond acceptors (Lipinski definition) is 2. The van der Waals surface area contributed by atoms with Crippen LogP contribution < -0.4 is 5.32 Å². The van der Waals surface area contributed by atoms with Crippen LogP contribution in [0.1, 0.15) is 45.5 Å². The van der Waals surface area contributed by atoms with Gasteiger partial charge in [0.15, 0.2) is 0 Å². The second-order valence-electron chi connectivity index (χ2n) is 5.41. The molecule has 0 saturated heterocycles. The molecule has 0 aliphatic rings. The number of nitrogens with zero attached hydrogens (tertiary/aromatic N) is 2. The molecule has 0 aliphatic carbocycles. The Bertz CT molecular complexity index is 530. The third kappa shape index (κ3) is 2.98. The molecule has 1 aromatic carbocycles. The molecule has 19 heavy (non-hydrogen) atoms. The molecule has 1 aromatic heterocycles. The van der Waals surface area contributed by atoms with Gasteiger partial charge in [-0.1, -0.05) is 19.1 Å². The summed E-state index contributed by atoms with van der Waals surface area (Å²) in [6, 6.07) is 9.45. The van der Waals surface area contributed by atoms with Crippen LogP contribution in [-0.4, -0.2) is 22.6 Å². The van der Waals surface area contributed by atoms with Gasteiger partial charge in [0, 0.05) is 18.5 Å². The molecule has 2 aromatic rings. The summed E-state index contributed by atoms with van der Waals surface area (Å²) in [6.45, 7) is 6.74. The van der Waals surface area contributed by atoms with Gasteiger partial charge in [-0.2, -0.15) is 0 Å². The van der Waals surface area contributed by atoms with Crippen molar-refractivity contribution in [2.24, 2.45) is 0 Å². The number of aromatic nitrogens is 2. The first kappa shape index (κ1) is 14.1. The summed E-state index contributed by atoms with van der Waals surface area (Å²) in [4.78, 5) is 4.80. The molecular weight excluding hydrogens is 234 g/mol. The van der Waals surface area contributed by atoms with Crippen LogP contribution in [0, 0.1) is 0 Å². The molecule has 0 fully saturated rings. The second kappa shape index (κ2) is 6.20. The molecule has 0 spiro atoms. The highest BCUT2D eigenvalue weighted by Crippen LogP contribution is 2.24. The molecule has 0 saturated carbocycles. The summed E-state index contributed by atoms with van der Waals surface area (Å²) in [5.74, 6) is 1.22. The summed E-state index contributed by atoms with van der Waals surface area (Å²) < 4.78 is 2.42. The number of aryl methyl sites for hydroxylation is 1. The maximum Gasteiger partial charge on any atom is 0.110 e. The van der Waals surface area contributed by atoms with Gasteiger partial charge < -0.3 is 9.88 Å². The summed E-state index contributed by atoms with van der Waals surface area (Å²) >= 11 is 0. The number of rotatable bonds is 6. The predicted molar refractivity (Wildman–Crippen MR) is 81.6 cm³/mol. The van der Waals surface area contributed by atoms with Crippen molar-refractivity contribution in [3.8, 4) is 0 Å². The fraction of sp³-hybridized carbons (Fsp3) is 0.562. The first-order valence-electron chi connectivity index (χ1n) is 7.30. The van der Waals surface area contributed by atoms with Gasteiger partial charge in [-0.05, 0) is 45.9 Å². The highest BCUT2D eigenvalue weighted by Gasteiger charge is 2.16. The Morgan fingerprint density at radius 3 is 2.68 bits per heavy atom. The largest absolute Gasteiger partial charge is 0.325 e. The Hall–Kier alpha value is -1.35. The first-order chi connectivity index (χ1) is 9.17. The van der Waals surface area contributed by atoms with Crippen molar-refractivity contribution in [2.45, 2.75) is 52.1 Å². The molecule has 2 unspecified atom stereocenters. The number of fused-ring (bicyclic) bond motifs is 1. The van der Waals surface area contributed by atoms with Gasteiger partial charge >= 0.3 is 0 Å². The SMILES string of the molecule is CCCc1nc2ccccc2n1C(C)CC(C)NC. The lowest BCUT2D eigenvalue weighted by atomic mass is 10.1. The quantitative estimate of drug-likeness (QED) is 0.860. The Kier molecular flexibility index (Phi) is 4.59. The Morgan fingerprint density at radius 2 is 2.00 bits per heavy atom. The van der Waals surface area contributed by atoms with Crippen LogP contribution in [0.2, 0.25) is 0 Å². The first-order valence-corrected chi connectivity index (χ1v) is 7.30. The average Bonchev–Trinajstić information content (AvgIpc) is 2.76. The standard InChI is InChI=1S/C16H25N3/c1-5-8-16-18-14-9-6-7-10-15(14)19(16)13(3)11-12(2)17-4/h6-7,9-10,12-13,17H,5,8,11H2,1-4H3. The minimum absolute atomic E-state index is 0.469. The van der Waals surface area contributed by atoms with Crippen molar-refractivity contribution in [2.75, 3.05) is 7.05 Å². The zero-order valence-corrected chi connectivity index (χ0v) is 12.5. The molecule has 1 heterocycles. The van der Waals surface area contributed by atoms with E-state index in [4.69, 9.17) is 4.98 Å². The van der Waals surface area contributed by atoms with E-state index in [-0.39, 0.29) is 0 Å². The Morgan fingerprint density at radius 1 is 1.26 bits per heavy atom. The molecule has 1 N–H and O–H groups in total. The lowest BCUT2D eigenvalue weighted by Gasteiger charge is -2.21. The van der Waals surface area contributed by atoms with Crippen LogP contribution in [0.25, 0.3) is 11.0 Å². The molecule has 0 radical (unpaired) electrons. The second-order valence-corrected chi connectivity index (χ2v) is 5.41. The third-order valence-corrected chi connectivity index (χ3v) is 3.77. The van der Waals surface area contributed by atoms with Gasteiger partial charge in [-0.25, -0.2) is 4.98 Å². The lowest BCUT2D eigenvalue weighted by Crippen LogP contribution is -2.25. The smallest absolute Gasteiger partial charge is 0.110 e. The van der Waals surface area contributed by atoms with E-state index in [0.29, 0.717) is 12.1 Å². The fourth-order valence-electron chi connectivity index (χ4n) is 2.72. The van der Waals surface area contributed by atoms with Crippen molar-refractivity contribution in [1.82, 2.24) is 14.9 Å². The van der Waals surface area contributed by atoms with Gasteiger partial charge in [0.25, 0.3) is 0 Å². The lowest BCUT2D eigenvalue weighted by molar-refractivity contribution is 0.428. The van der Waals surface area contributed by atoms with Crippen molar-refractivity contribution < 1.29 is 0 Å². The molecule has 3 nitrogen and oxygen atoms in total. The van der Waals surface area contributed by atoms with E-state index in [9.17, 15) is 0 Å². The summed E-state index contributed by atoms with van der Waals surface area (Å²) in [5.41, 5.74) is 2.39. The number of para-hydroxylation sites is 2. The highest BCUT2D eigenvalue weighted by atomic mass is 15.1. The molecule has 3 heteroatoms. The summed E-state index contributed by atoms with van der Waals surface area (Å²) in [5, 5.41) is 3.32.